The molecule has 146 valence electrons. The Hall–Kier alpha value is -0.970. The Morgan fingerprint density at radius 3 is 2.33 bits per heavy atom. The molecule has 2 aliphatic rings. The van der Waals surface area contributed by atoms with Gasteiger partial charge in [-0.15, -0.1) is 0 Å². The lowest BCUT2D eigenvalue weighted by molar-refractivity contribution is 0.335. The van der Waals surface area contributed by atoms with Gasteiger partial charge in [-0.25, -0.2) is 4.98 Å². The molecule has 0 radical (unpaired) electrons. The van der Waals surface area contributed by atoms with Crippen molar-refractivity contribution < 1.29 is 4.42 Å². The largest absolute Gasteiger partial charge is 0.433 e. The third kappa shape index (κ3) is 5.30. The Balaban J connectivity index is 1.50. The van der Waals surface area contributed by atoms with Crippen molar-refractivity contribution in [3.05, 3.63) is 40.9 Å². The van der Waals surface area contributed by atoms with Crippen molar-refractivity contribution in [3.8, 4) is 0 Å². The van der Waals surface area contributed by atoms with Crippen molar-refractivity contribution >= 4 is 23.4 Å². The predicted molar refractivity (Wildman–Crippen MR) is 112 cm³/mol. The minimum absolute atomic E-state index is 0.492. The molecule has 1 heterocycles. The van der Waals surface area contributed by atoms with Gasteiger partial charge < -0.3 is 9.73 Å². The normalized spacial score (nSPS) is 19.4. The van der Waals surface area contributed by atoms with Gasteiger partial charge in [-0.2, -0.15) is 0 Å². The van der Waals surface area contributed by atoms with E-state index in [-0.39, 0.29) is 0 Å². The third-order valence-corrected chi connectivity index (χ3v) is 7.08. The van der Waals surface area contributed by atoms with Crippen molar-refractivity contribution in [2.45, 2.75) is 92.7 Å². The molecule has 1 N–H and O–H groups in total. The maximum Gasteiger partial charge on any atom is 0.199 e. The highest BCUT2D eigenvalue weighted by atomic mass is 35.5. The van der Waals surface area contributed by atoms with Gasteiger partial charge in [0.2, 0.25) is 0 Å². The van der Waals surface area contributed by atoms with Crippen LogP contribution in [0.15, 0.2) is 38.7 Å². The fourth-order valence-electron chi connectivity index (χ4n) is 4.23. The smallest absolute Gasteiger partial charge is 0.199 e. The van der Waals surface area contributed by atoms with Crippen LogP contribution in [0.5, 0.6) is 0 Å². The maximum atomic E-state index is 6.31. The van der Waals surface area contributed by atoms with Gasteiger partial charge in [-0.05, 0) is 49.9 Å². The first kappa shape index (κ1) is 19.4. The molecular formula is C22H29ClN2OS. The van der Waals surface area contributed by atoms with E-state index in [0.29, 0.717) is 12.0 Å². The molecule has 27 heavy (non-hydrogen) atoms. The second kappa shape index (κ2) is 9.49. The van der Waals surface area contributed by atoms with E-state index >= 15 is 0 Å². The summed E-state index contributed by atoms with van der Waals surface area (Å²) >= 11 is 7.70. The summed E-state index contributed by atoms with van der Waals surface area (Å²) in [6.45, 7) is 0.802. The SMILES string of the molecule is Clc1ccc(Sc2oc(C3CCCCC3)nc2CNC2CCCCC2)cc1. The van der Waals surface area contributed by atoms with E-state index in [4.69, 9.17) is 21.0 Å². The molecule has 0 atom stereocenters. The second-order valence-corrected chi connectivity index (χ2v) is 9.38. The minimum atomic E-state index is 0.492. The van der Waals surface area contributed by atoms with E-state index < -0.39 is 0 Å². The van der Waals surface area contributed by atoms with Gasteiger partial charge in [-0.3, -0.25) is 0 Å². The third-order valence-electron chi connectivity index (χ3n) is 5.82. The molecule has 1 aromatic carbocycles. The first-order valence-corrected chi connectivity index (χ1v) is 11.6. The number of hydrogen-bond acceptors (Lipinski definition) is 4. The molecule has 2 aliphatic carbocycles. The molecule has 0 unspecified atom stereocenters. The van der Waals surface area contributed by atoms with Gasteiger partial charge in [-0.1, -0.05) is 61.9 Å². The van der Waals surface area contributed by atoms with Gasteiger partial charge in [0.25, 0.3) is 0 Å². The van der Waals surface area contributed by atoms with Gasteiger partial charge in [0.05, 0.1) is 0 Å². The summed E-state index contributed by atoms with van der Waals surface area (Å²) in [7, 11) is 0. The lowest BCUT2D eigenvalue weighted by Crippen LogP contribution is -2.30. The first-order chi connectivity index (χ1) is 13.3. The van der Waals surface area contributed by atoms with Crippen LogP contribution in [-0.4, -0.2) is 11.0 Å². The molecule has 0 spiro atoms. The molecule has 2 fully saturated rings. The number of hydrogen-bond donors (Lipinski definition) is 1. The molecule has 3 nitrogen and oxygen atoms in total. The lowest BCUT2D eigenvalue weighted by Gasteiger charge is -2.22. The fraction of sp³-hybridized carbons (Fsp3) is 0.591. The van der Waals surface area contributed by atoms with Crippen molar-refractivity contribution in [2.75, 3.05) is 0 Å². The molecule has 4 rings (SSSR count). The molecule has 0 saturated heterocycles. The minimum Gasteiger partial charge on any atom is -0.433 e. The van der Waals surface area contributed by atoms with Crippen LogP contribution in [0.25, 0.3) is 0 Å². The Bertz CT molecular complexity index is 718. The Kier molecular flexibility index (Phi) is 6.80. The first-order valence-electron chi connectivity index (χ1n) is 10.4. The standard InChI is InChI=1S/C22H29ClN2OS/c23-17-11-13-19(14-12-17)27-22-20(15-24-18-9-5-2-6-10-18)25-21(26-22)16-7-3-1-4-8-16/h11-14,16,18,24H,1-10,15H2. The number of benzene rings is 1. The zero-order valence-corrected chi connectivity index (χ0v) is 17.5. The van der Waals surface area contributed by atoms with Crippen LogP contribution in [0, 0.1) is 0 Å². The van der Waals surface area contributed by atoms with Crippen molar-refractivity contribution in [3.63, 3.8) is 0 Å². The van der Waals surface area contributed by atoms with Crippen molar-refractivity contribution in [2.24, 2.45) is 0 Å². The zero-order chi connectivity index (χ0) is 18.5. The van der Waals surface area contributed by atoms with Crippen molar-refractivity contribution in [1.29, 1.82) is 0 Å². The molecular weight excluding hydrogens is 376 g/mol. The van der Waals surface area contributed by atoms with E-state index in [1.807, 2.05) is 24.3 Å². The number of halogens is 1. The quantitative estimate of drug-likeness (QED) is 0.565. The number of rotatable bonds is 6. The highest BCUT2D eigenvalue weighted by molar-refractivity contribution is 7.99. The fourth-order valence-corrected chi connectivity index (χ4v) is 5.20. The Morgan fingerprint density at radius 1 is 0.963 bits per heavy atom. The molecule has 0 bridgehead atoms. The zero-order valence-electron chi connectivity index (χ0n) is 15.9. The topological polar surface area (TPSA) is 38.1 Å². The van der Waals surface area contributed by atoms with Gasteiger partial charge in [0.15, 0.2) is 11.0 Å². The van der Waals surface area contributed by atoms with Gasteiger partial charge >= 0.3 is 0 Å². The van der Waals surface area contributed by atoms with Crippen molar-refractivity contribution in [1.82, 2.24) is 10.3 Å². The van der Waals surface area contributed by atoms with Gasteiger partial charge in [0, 0.05) is 28.4 Å². The van der Waals surface area contributed by atoms with Crippen LogP contribution in [-0.2, 0) is 6.54 Å². The second-order valence-electron chi connectivity index (χ2n) is 7.89. The summed E-state index contributed by atoms with van der Waals surface area (Å²) in [5, 5.41) is 5.44. The molecule has 2 saturated carbocycles. The number of aromatic nitrogens is 1. The van der Waals surface area contributed by atoms with Crippen LogP contribution >= 0.6 is 23.4 Å². The average molecular weight is 405 g/mol. The van der Waals surface area contributed by atoms with Crippen LogP contribution in [0.4, 0.5) is 0 Å². The lowest BCUT2D eigenvalue weighted by atomic mass is 9.89. The number of nitrogens with zero attached hydrogens (tertiary/aromatic N) is 1. The summed E-state index contributed by atoms with van der Waals surface area (Å²) in [5.74, 6) is 1.44. The summed E-state index contributed by atoms with van der Waals surface area (Å²) in [6, 6.07) is 8.59. The summed E-state index contributed by atoms with van der Waals surface area (Å²) in [4.78, 5) is 6.10. The van der Waals surface area contributed by atoms with E-state index in [1.165, 1.54) is 64.2 Å². The molecule has 0 aliphatic heterocycles. The number of oxazole rings is 1. The highest BCUT2D eigenvalue weighted by Gasteiger charge is 2.24. The molecule has 0 amide bonds. The molecule has 5 heteroatoms. The summed E-state index contributed by atoms with van der Waals surface area (Å²) in [6.07, 6.45) is 13.0. The van der Waals surface area contributed by atoms with Crippen LogP contribution in [0.3, 0.4) is 0 Å². The number of nitrogens with one attached hydrogen (secondary N) is 1. The van der Waals surface area contributed by atoms with Crippen LogP contribution < -0.4 is 5.32 Å². The highest BCUT2D eigenvalue weighted by Crippen LogP contribution is 2.38. The Morgan fingerprint density at radius 2 is 1.63 bits per heavy atom. The predicted octanol–water partition coefficient (Wildman–Crippen LogP) is 6.95. The molecule has 1 aromatic heterocycles. The average Bonchev–Trinajstić information content (AvgIpc) is 3.12. The van der Waals surface area contributed by atoms with E-state index in [9.17, 15) is 0 Å². The molecule has 2 aromatic rings. The monoisotopic (exact) mass is 404 g/mol. The van der Waals surface area contributed by atoms with E-state index in [1.54, 1.807) is 11.8 Å². The van der Waals surface area contributed by atoms with E-state index in [0.717, 1.165) is 33.1 Å². The van der Waals surface area contributed by atoms with Crippen LogP contribution in [0.2, 0.25) is 5.02 Å². The van der Waals surface area contributed by atoms with E-state index in [2.05, 4.69) is 5.32 Å². The summed E-state index contributed by atoms with van der Waals surface area (Å²) in [5.41, 5.74) is 1.07. The van der Waals surface area contributed by atoms with Crippen LogP contribution in [0.1, 0.15) is 81.7 Å². The maximum absolute atomic E-state index is 6.31. The summed E-state index contributed by atoms with van der Waals surface area (Å²) < 4.78 is 6.31. The Labute approximate surface area is 171 Å². The van der Waals surface area contributed by atoms with Gasteiger partial charge in [0.1, 0.15) is 5.69 Å².